The summed E-state index contributed by atoms with van der Waals surface area (Å²) >= 11 is 12.1. The van der Waals surface area contributed by atoms with Gasteiger partial charge >= 0.3 is 5.97 Å². The summed E-state index contributed by atoms with van der Waals surface area (Å²) in [5.74, 6) is -0.489. The lowest BCUT2D eigenvalue weighted by Crippen LogP contribution is -2.45. The van der Waals surface area contributed by atoms with Gasteiger partial charge in [-0.05, 0) is 50.4 Å². The van der Waals surface area contributed by atoms with Gasteiger partial charge in [-0.2, -0.15) is 0 Å². The van der Waals surface area contributed by atoms with Gasteiger partial charge in [0.25, 0.3) is 5.91 Å². The van der Waals surface area contributed by atoms with Gasteiger partial charge in [0.15, 0.2) is 6.10 Å². The highest BCUT2D eigenvalue weighted by Gasteiger charge is 2.22. The van der Waals surface area contributed by atoms with Crippen LogP contribution >= 0.6 is 23.2 Å². The van der Waals surface area contributed by atoms with Gasteiger partial charge in [0, 0.05) is 31.2 Å². The number of piperazine rings is 1. The Bertz CT molecular complexity index is 962. The molecule has 9 heteroatoms. The van der Waals surface area contributed by atoms with Crippen molar-refractivity contribution in [1.29, 1.82) is 0 Å². The Morgan fingerprint density at radius 3 is 2.42 bits per heavy atom. The Morgan fingerprint density at radius 1 is 1.06 bits per heavy atom. The molecule has 1 aliphatic heterocycles. The highest BCUT2D eigenvalue weighted by atomic mass is 35.5. The summed E-state index contributed by atoms with van der Waals surface area (Å²) in [6.07, 6.45) is -0.833. The number of methoxy groups -OCH3 is 1. The van der Waals surface area contributed by atoms with Crippen molar-refractivity contribution < 1.29 is 19.1 Å². The fourth-order valence-electron chi connectivity index (χ4n) is 3.25. The molecule has 3 rings (SSSR count). The quantitative estimate of drug-likeness (QED) is 0.651. The minimum atomic E-state index is -0.833. The Morgan fingerprint density at radius 2 is 1.77 bits per heavy atom. The summed E-state index contributed by atoms with van der Waals surface area (Å²) in [7, 11) is 3.39. The van der Waals surface area contributed by atoms with E-state index in [9.17, 15) is 9.59 Å². The van der Waals surface area contributed by atoms with Crippen molar-refractivity contribution in [3.8, 4) is 5.75 Å². The van der Waals surface area contributed by atoms with E-state index in [0.717, 1.165) is 31.9 Å². The zero-order chi connectivity index (χ0) is 22.5. The molecule has 1 atom stereocenters. The third kappa shape index (κ3) is 5.81. The van der Waals surface area contributed by atoms with Crippen molar-refractivity contribution in [3.63, 3.8) is 0 Å². The van der Waals surface area contributed by atoms with Gasteiger partial charge in [-0.25, -0.2) is 4.79 Å². The first kappa shape index (κ1) is 23.2. The minimum Gasteiger partial charge on any atom is -0.479 e. The van der Waals surface area contributed by atoms with Gasteiger partial charge in [-0.3, -0.25) is 4.79 Å². The van der Waals surface area contributed by atoms with Crippen molar-refractivity contribution in [1.82, 2.24) is 4.90 Å². The summed E-state index contributed by atoms with van der Waals surface area (Å²) in [4.78, 5) is 29.3. The first-order valence-corrected chi connectivity index (χ1v) is 10.6. The van der Waals surface area contributed by atoms with Crippen LogP contribution in [0.15, 0.2) is 36.4 Å². The smallest absolute Gasteiger partial charge is 0.337 e. The third-order valence-electron chi connectivity index (χ3n) is 5.09. The van der Waals surface area contributed by atoms with E-state index >= 15 is 0 Å². The Balaban J connectivity index is 1.81. The maximum absolute atomic E-state index is 12.9. The number of rotatable bonds is 6. The number of benzene rings is 2. The SMILES string of the molecule is COC(=O)c1ccc(N2CCN(C)CC2)c(NC(=O)C(C)Oc2ccc(Cl)cc2Cl)c1. The van der Waals surface area contributed by atoms with Crippen LogP contribution < -0.4 is 15.0 Å². The van der Waals surface area contributed by atoms with Crippen LogP contribution in [0.25, 0.3) is 0 Å². The van der Waals surface area contributed by atoms with Gasteiger partial charge < -0.3 is 24.6 Å². The van der Waals surface area contributed by atoms with Gasteiger partial charge in [-0.1, -0.05) is 23.2 Å². The number of nitrogens with one attached hydrogen (secondary N) is 1. The molecule has 166 valence electrons. The van der Waals surface area contributed by atoms with E-state index in [4.69, 9.17) is 32.7 Å². The molecule has 1 saturated heterocycles. The van der Waals surface area contributed by atoms with Gasteiger partial charge in [0.2, 0.25) is 0 Å². The number of carbonyl (C=O) groups excluding carboxylic acids is 2. The maximum Gasteiger partial charge on any atom is 0.337 e. The van der Waals surface area contributed by atoms with Crippen LogP contribution in [-0.2, 0) is 9.53 Å². The standard InChI is InChI=1S/C22H25Cl2N3O4/c1-14(31-20-7-5-16(23)13-17(20)24)21(28)25-18-12-15(22(29)30-3)4-6-19(18)27-10-8-26(2)9-11-27/h4-7,12-14H,8-11H2,1-3H3,(H,25,28). The molecule has 1 fully saturated rings. The Hall–Kier alpha value is -2.48. The van der Waals surface area contributed by atoms with E-state index in [2.05, 4.69) is 22.2 Å². The average Bonchev–Trinajstić information content (AvgIpc) is 2.75. The molecule has 7 nitrogen and oxygen atoms in total. The van der Waals surface area contributed by atoms with Gasteiger partial charge in [0.05, 0.1) is 29.1 Å². The molecule has 0 aliphatic carbocycles. The lowest BCUT2D eigenvalue weighted by atomic mass is 10.1. The first-order chi connectivity index (χ1) is 14.8. The predicted octanol–water partition coefficient (Wildman–Crippen LogP) is 3.94. The van der Waals surface area contributed by atoms with E-state index in [-0.39, 0.29) is 5.91 Å². The molecular formula is C22H25Cl2N3O4. The molecule has 1 heterocycles. The van der Waals surface area contributed by atoms with Crippen molar-refractivity contribution in [2.45, 2.75) is 13.0 Å². The van der Waals surface area contributed by atoms with Crippen molar-refractivity contribution in [2.24, 2.45) is 0 Å². The molecule has 0 bridgehead atoms. The lowest BCUT2D eigenvalue weighted by molar-refractivity contribution is -0.122. The molecule has 31 heavy (non-hydrogen) atoms. The summed E-state index contributed by atoms with van der Waals surface area (Å²) < 4.78 is 10.5. The number of ether oxygens (including phenoxy) is 2. The zero-order valence-electron chi connectivity index (χ0n) is 17.7. The van der Waals surface area contributed by atoms with E-state index in [1.54, 1.807) is 37.3 Å². The number of nitrogens with zero attached hydrogens (tertiary/aromatic N) is 2. The van der Waals surface area contributed by atoms with E-state index in [1.165, 1.54) is 7.11 Å². The van der Waals surface area contributed by atoms with Crippen LogP contribution in [0, 0.1) is 0 Å². The Kier molecular flexibility index (Phi) is 7.64. The molecule has 2 aromatic rings. The second kappa shape index (κ2) is 10.2. The molecule has 2 aromatic carbocycles. The van der Waals surface area contributed by atoms with Crippen molar-refractivity contribution >= 4 is 46.5 Å². The number of esters is 1. The number of amides is 1. The summed E-state index contributed by atoms with van der Waals surface area (Å²) in [5, 5.41) is 3.69. The highest BCUT2D eigenvalue weighted by Crippen LogP contribution is 2.30. The first-order valence-electron chi connectivity index (χ1n) is 9.87. The van der Waals surface area contributed by atoms with Crippen LogP contribution in [0.3, 0.4) is 0 Å². The van der Waals surface area contributed by atoms with Gasteiger partial charge in [0.1, 0.15) is 5.75 Å². The van der Waals surface area contributed by atoms with Crippen molar-refractivity contribution in [2.75, 3.05) is 50.6 Å². The van der Waals surface area contributed by atoms with E-state index in [0.29, 0.717) is 27.0 Å². The van der Waals surface area contributed by atoms with Crippen LogP contribution in [0.5, 0.6) is 5.75 Å². The van der Waals surface area contributed by atoms with E-state index in [1.807, 2.05) is 6.07 Å². The fourth-order valence-corrected chi connectivity index (χ4v) is 3.71. The van der Waals surface area contributed by atoms with Crippen molar-refractivity contribution in [3.05, 3.63) is 52.0 Å². The molecule has 0 spiro atoms. The van der Waals surface area contributed by atoms with E-state index < -0.39 is 12.1 Å². The summed E-state index contributed by atoms with van der Waals surface area (Å²) in [6.45, 7) is 5.05. The predicted molar refractivity (Wildman–Crippen MR) is 123 cm³/mol. The molecule has 0 radical (unpaired) electrons. The monoisotopic (exact) mass is 465 g/mol. The lowest BCUT2D eigenvalue weighted by Gasteiger charge is -2.35. The maximum atomic E-state index is 12.9. The fraction of sp³-hybridized carbons (Fsp3) is 0.364. The zero-order valence-corrected chi connectivity index (χ0v) is 19.2. The summed E-state index contributed by atoms with van der Waals surface area (Å²) in [5.41, 5.74) is 1.71. The number of likely N-dealkylation sites (N-methyl/N-ethyl adjacent to an activating group) is 1. The largest absolute Gasteiger partial charge is 0.479 e. The third-order valence-corrected chi connectivity index (χ3v) is 5.62. The average molecular weight is 466 g/mol. The molecular weight excluding hydrogens is 441 g/mol. The second-order valence-electron chi connectivity index (χ2n) is 7.34. The molecule has 0 aromatic heterocycles. The molecule has 1 unspecified atom stereocenters. The number of carbonyl (C=O) groups is 2. The summed E-state index contributed by atoms with van der Waals surface area (Å²) in [6, 6.07) is 9.95. The number of halogens is 2. The number of hydrogen-bond acceptors (Lipinski definition) is 6. The normalized spacial score (nSPS) is 15.3. The van der Waals surface area contributed by atoms with Gasteiger partial charge in [-0.15, -0.1) is 0 Å². The van der Waals surface area contributed by atoms with Crippen LogP contribution in [0.1, 0.15) is 17.3 Å². The molecule has 1 N–H and O–H groups in total. The Labute approximate surface area is 191 Å². The second-order valence-corrected chi connectivity index (χ2v) is 8.18. The number of anilines is 2. The highest BCUT2D eigenvalue weighted by molar-refractivity contribution is 6.35. The van der Waals surface area contributed by atoms with Crippen LogP contribution in [-0.4, -0.2) is 63.2 Å². The molecule has 1 aliphatic rings. The minimum absolute atomic E-state index is 0.318. The van der Waals surface area contributed by atoms with Crippen LogP contribution in [0.2, 0.25) is 10.0 Å². The molecule has 1 amide bonds. The topological polar surface area (TPSA) is 71.1 Å². The molecule has 0 saturated carbocycles. The van der Waals surface area contributed by atoms with Crippen LogP contribution in [0.4, 0.5) is 11.4 Å². The number of hydrogen-bond donors (Lipinski definition) is 1.